The van der Waals surface area contributed by atoms with Crippen LogP contribution >= 0.6 is 0 Å². The van der Waals surface area contributed by atoms with Gasteiger partial charge >= 0.3 is 6.18 Å². The summed E-state index contributed by atoms with van der Waals surface area (Å²) in [5, 5.41) is 2.43. The van der Waals surface area contributed by atoms with Gasteiger partial charge in [0, 0.05) is 13.1 Å². The van der Waals surface area contributed by atoms with Gasteiger partial charge in [-0.3, -0.25) is 9.78 Å². The SMILES string of the molecule is O=C(Nc1cc(S(=O)(=O)N2CCCCC2)ccc1OCC(F)(F)F)c1cnc2ccccc2n1. The van der Waals surface area contributed by atoms with E-state index in [1.807, 2.05) is 0 Å². The number of sulfonamides is 1. The number of hydrogen-bond donors (Lipinski definition) is 1. The fourth-order valence-corrected chi connectivity index (χ4v) is 5.10. The summed E-state index contributed by atoms with van der Waals surface area (Å²) in [6, 6.07) is 10.2. The van der Waals surface area contributed by atoms with Crippen molar-refractivity contribution in [3.8, 4) is 5.75 Å². The second-order valence-corrected chi connectivity index (χ2v) is 9.66. The van der Waals surface area contributed by atoms with Crippen LogP contribution in [-0.4, -0.2) is 54.5 Å². The lowest BCUT2D eigenvalue weighted by molar-refractivity contribution is -0.153. The van der Waals surface area contributed by atoms with Gasteiger partial charge in [0.2, 0.25) is 10.0 Å². The standard InChI is InChI=1S/C22H21F3N4O4S/c23-22(24,25)14-33-20-9-8-15(34(31,32)29-10-4-1-5-11-29)12-18(20)28-21(30)19-13-26-16-6-2-3-7-17(16)27-19/h2-3,6-9,12-13H,1,4-5,10-11,14H2,(H,28,30). The number of fused-ring (bicyclic) bond motifs is 1. The highest BCUT2D eigenvalue weighted by Crippen LogP contribution is 2.32. The fourth-order valence-electron chi connectivity index (χ4n) is 3.56. The summed E-state index contributed by atoms with van der Waals surface area (Å²) in [4.78, 5) is 21.0. The number of benzene rings is 2. The summed E-state index contributed by atoms with van der Waals surface area (Å²) in [5.41, 5.74) is 0.694. The molecule has 8 nitrogen and oxygen atoms in total. The summed E-state index contributed by atoms with van der Waals surface area (Å²) in [7, 11) is -3.90. The second-order valence-electron chi connectivity index (χ2n) is 7.72. The van der Waals surface area contributed by atoms with Crippen molar-refractivity contribution in [3.05, 3.63) is 54.4 Å². The Labute approximate surface area is 193 Å². The average Bonchev–Trinajstić information content (AvgIpc) is 2.82. The van der Waals surface area contributed by atoms with E-state index in [-0.39, 0.29) is 22.0 Å². The summed E-state index contributed by atoms with van der Waals surface area (Å²) in [6.45, 7) is -0.907. The Morgan fingerprint density at radius 3 is 2.47 bits per heavy atom. The van der Waals surface area contributed by atoms with Crippen LogP contribution < -0.4 is 10.1 Å². The molecule has 1 aromatic heterocycles. The topological polar surface area (TPSA) is 101 Å². The highest BCUT2D eigenvalue weighted by molar-refractivity contribution is 7.89. The minimum Gasteiger partial charge on any atom is -0.482 e. The van der Waals surface area contributed by atoms with Crippen molar-refractivity contribution in [2.24, 2.45) is 0 Å². The van der Waals surface area contributed by atoms with Crippen molar-refractivity contribution in [3.63, 3.8) is 0 Å². The van der Waals surface area contributed by atoms with E-state index in [4.69, 9.17) is 4.74 Å². The maximum atomic E-state index is 13.0. The van der Waals surface area contributed by atoms with Crippen molar-refractivity contribution in [2.45, 2.75) is 30.3 Å². The van der Waals surface area contributed by atoms with E-state index in [2.05, 4.69) is 15.3 Å². The molecule has 0 radical (unpaired) electrons. The third-order valence-corrected chi connectivity index (χ3v) is 7.12. The average molecular weight is 494 g/mol. The zero-order chi connectivity index (χ0) is 24.3. The van der Waals surface area contributed by atoms with E-state index in [0.717, 1.165) is 31.4 Å². The van der Waals surface area contributed by atoms with Gasteiger partial charge in [-0.25, -0.2) is 13.4 Å². The van der Waals surface area contributed by atoms with Gasteiger partial charge in [0.15, 0.2) is 6.61 Å². The number of ether oxygens (including phenoxy) is 1. The lowest BCUT2D eigenvalue weighted by Gasteiger charge is -2.26. The van der Waals surface area contributed by atoms with Crippen molar-refractivity contribution in [1.82, 2.24) is 14.3 Å². The van der Waals surface area contributed by atoms with Crippen LogP contribution in [0.1, 0.15) is 29.8 Å². The minimum absolute atomic E-state index is 0.0928. The van der Waals surface area contributed by atoms with Gasteiger partial charge in [-0.1, -0.05) is 18.6 Å². The predicted octanol–water partition coefficient (Wildman–Crippen LogP) is 4.00. The van der Waals surface area contributed by atoms with Crippen molar-refractivity contribution in [1.29, 1.82) is 0 Å². The number of amides is 1. The van der Waals surface area contributed by atoms with E-state index >= 15 is 0 Å². The summed E-state index contributed by atoms with van der Waals surface area (Å²) in [6.07, 6.45) is -1.04. The molecule has 1 fully saturated rings. The molecule has 0 bridgehead atoms. The monoisotopic (exact) mass is 494 g/mol. The van der Waals surface area contributed by atoms with Crippen LogP contribution in [0.2, 0.25) is 0 Å². The molecule has 0 unspecified atom stereocenters. The third-order valence-electron chi connectivity index (χ3n) is 5.22. The number of alkyl halides is 3. The lowest BCUT2D eigenvalue weighted by atomic mass is 10.2. The number of carbonyl (C=O) groups is 1. The van der Waals surface area contributed by atoms with Gasteiger partial charge in [-0.2, -0.15) is 17.5 Å². The first-order chi connectivity index (χ1) is 16.1. The van der Waals surface area contributed by atoms with Gasteiger partial charge in [-0.05, 0) is 43.2 Å². The van der Waals surface area contributed by atoms with Crippen LogP contribution in [0.15, 0.2) is 53.6 Å². The number of nitrogens with one attached hydrogen (secondary N) is 1. The molecule has 0 atom stereocenters. The third kappa shape index (κ3) is 5.45. The summed E-state index contributed by atoms with van der Waals surface area (Å²) >= 11 is 0. The van der Waals surface area contributed by atoms with E-state index in [0.29, 0.717) is 24.1 Å². The first-order valence-electron chi connectivity index (χ1n) is 10.5. The summed E-state index contributed by atoms with van der Waals surface area (Å²) < 4.78 is 70.4. The van der Waals surface area contributed by atoms with Crippen LogP contribution in [0.25, 0.3) is 11.0 Å². The highest BCUT2D eigenvalue weighted by Gasteiger charge is 2.30. The van der Waals surface area contributed by atoms with Crippen molar-refractivity contribution >= 4 is 32.7 Å². The Balaban J connectivity index is 1.66. The van der Waals surface area contributed by atoms with E-state index < -0.39 is 28.7 Å². The Morgan fingerprint density at radius 2 is 1.76 bits per heavy atom. The number of para-hydroxylation sites is 2. The number of aromatic nitrogens is 2. The zero-order valence-electron chi connectivity index (χ0n) is 17.9. The molecule has 3 aromatic rings. The number of anilines is 1. The number of hydrogen-bond acceptors (Lipinski definition) is 6. The second kappa shape index (κ2) is 9.55. The van der Waals surface area contributed by atoms with Crippen LogP contribution in [-0.2, 0) is 10.0 Å². The highest BCUT2D eigenvalue weighted by atomic mass is 32.2. The molecule has 12 heteroatoms. The number of halogens is 3. The molecule has 0 spiro atoms. The zero-order valence-corrected chi connectivity index (χ0v) is 18.7. The van der Waals surface area contributed by atoms with Crippen molar-refractivity contribution in [2.75, 3.05) is 25.0 Å². The van der Waals surface area contributed by atoms with Crippen LogP contribution in [0, 0.1) is 0 Å². The smallest absolute Gasteiger partial charge is 0.422 e. The number of carbonyl (C=O) groups excluding carboxylic acids is 1. The first-order valence-corrected chi connectivity index (χ1v) is 11.9. The number of nitrogens with zero attached hydrogens (tertiary/aromatic N) is 3. The first kappa shape index (κ1) is 23.9. The van der Waals surface area contributed by atoms with E-state index in [9.17, 15) is 26.4 Å². The molecule has 2 heterocycles. The molecule has 1 amide bonds. The maximum Gasteiger partial charge on any atom is 0.422 e. The quantitative estimate of drug-likeness (QED) is 0.556. The molecule has 1 aliphatic rings. The van der Waals surface area contributed by atoms with Gasteiger partial charge in [0.05, 0.1) is 27.8 Å². The molecule has 1 aliphatic heterocycles. The molecule has 1 N–H and O–H groups in total. The molecular formula is C22H21F3N4O4S. The molecule has 180 valence electrons. The van der Waals surface area contributed by atoms with Crippen molar-refractivity contribution < 1.29 is 31.1 Å². The van der Waals surface area contributed by atoms with E-state index in [1.165, 1.54) is 16.6 Å². The lowest BCUT2D eigenvalue weighted by Crippen LogP contribution is -2.35. The Kier molecular flexibility index (Phi) is 6.71. The largest absolute Gasteiger partial charge is 0.482 e. The van der Waals surface area contributed by atoms with Gasteiger partial charge < -0.3 is 10.1 Å². The Morgan fingerprint density at radius 1 is 1.06 bits per heavy atom. The molecular weight excluding hydrogens is 473 g/mol. The number of piperidine rings is 1. The predicted molar refractivity (Wildman–Crippen MR) is 118 cm³/mol. The summed E-state index contributed by atoms with van der Waals surface area (Å²) in [5.74, 6) is -1.10. The van der Waals surface area contributed by atoms with Gasteiger partial charge in [0.25, 0.3) is 5.91 Å². The molecule has 1 saturated heterocycles. The molecule has 34 heavy (non-hydrogen) atoms. The molecule has 2 aromatic carbocycles. The van der Waals surface area contributed by atoms with Crippen LogP contribution in [0.4, 0.5) is 18.9 Å². The van der Waals surface area contributed by atoms with Crippen LogP contribution in [0.5, 0.6) is 5.75 Å². The van der Waals surface area contributed by atoms with Gasteiger partial charge in [-0.15, -0.1) is 0 Å². The molecule has 4 rings (SSSR count). The van der Waals surface area contributed by atoms with Crippen LogP contribution in [0.3, 0.4) is 0 Å². The Bertz CT molecular complexity index is 1310. The fraction of sp³-hybridized carbons (Fsp3) is 0.318. The van der Waals surface area contributed by atoms with E-state index in [1.54, 1.807) is 24.3 Å². The molecule has 0 saturated carbocycles. The number of rotatable bonds is 6. The molecule has 0 aliphatic carbocycles. The minimum atomic E-state index is -4.62. The maximum absolute atomic E-state index is 13.0. The Hall–Kier alpha value is -3.25. The van der Waals surface area contributed by atoms with Gasteiger partial charge in [0.1, 0.15) is 11.4 Å². The normalized spacial score (nSPS) is 15.3.